The number of hydrogen-bond acceptors (Lipinski definition) is 2. The number of hydrogen-bond donors (Lipinski definition) is 2. The van der Waals surface area contributed by atoms with Gasteiger partial charge < -0.3 is 11.1 Å². The molecule has 0 heterocycles. The van der Waals surface area contributed by atoms with Crippen molar-refractivity contribution in [2.45, 2.75) is 45.8 Å². The first-order valence-electron chi connectivity index (χ1n) is 6.71. The number of halogens is 4. The molecule has 3 N–H and O–H groups in total. The third kappa shape index (κ3) is 7.13. The first-order chi connectivity index (χ1) is 9.49. The van der Waals surface area contributed by atoms with Crippen LogP contribution in [0.5, 0.6) is 0 Å². The van der Waals surface area contributed by atoms with Gasteiger partial charge in [-0.3, -0.25) is 4.79 Å². The van der Waals surface area contributed by atoms with Crippen LogP contribution in [0.1, 0.15) is 32.8 Å². The Morgan fingerprint density at radius 3 is 2.09 bits per heavy atom. The second-order valence-electron chi connectivity index (χ2n) is 6.15. The van der Waals surface area contributed by atoms with Crippen molar-refractivity contribution in [3.8, 4) is 0 Å². The van der Waals surface area contributed by atoms with Gasteiger partial charge in [0, 0.05) is 12.1 Å². The summed E-state index contributed by atoms with van der Waals surface area (Å²) >= 11 is 0. The predicted molar refractivity (Wildman–Crippen MR) is 84.1 cm³/mol. The van der Waals surface area contributed by atoms with Gasteiger partial charge in [0.2, 0.25) is 5.91 Å². The zero-order chi connectivity index (χ0) is 16.3. The quantitative estimate of drug-likeness (QED) is 0.874. The number of benzene rings is 1. The van der Waals surface area contributed by atoms with Gasteiger partial charge in [-0.05, 0) is 29.5 Å². The molecule has 1 aromatic carbocycles. The second kappa shape index (κ2) is 7.83. The third-order valence-electron chi connectivity index (χ3n) is 3.13. The molecule has 22 heavy (non-hydrogen) atoms. The largest absolute Gasteiger partial charge is 0.389 e. The minimum Gasteiger partial charge on any atom is -0.325 e. The topological polar surface area (TPSA) is 55.1 Å². The molecule has 126 valence electrons. The van der Waals surface area contributed by atoms with Crippen molar-refractivity contribution in [1.29, 1.82) is 0 Å². The summed E-state index contributed by atoms with van der Waals surface area (Å²) in [5.74, 6) is -0.314. The molecule has 0 aromatic heterocycles. The lowest BCUT2D eigenvalue weighted by Gasteiger charge is -2.25. The van der Waals surface area contributed by atoms with Crippen LogP contribution in [-0.4, -0.2) is 18.1 Å². The van der Waals surface area contributed by atoms with Crippen LogP contribution in [0.3, 0.4) is 0 Å². The highest BCUT2D eigenvalue weighted by Gasteiger charge is 2.28. The van der Waals surface area contributed by atoms with Gasteiger partial charge in [0.15, 0.2) is 0 Å². The van der Waals surface area contributed by atoms with Gasteiger partial charge in [0.25, 0.3) is 0 Å². The monoisotopic (exact) mass is 338 g/mol. The summed E-state index contributed by atoms with van der Waals surface area (Å²) in [5, 5.41) is 2.66. The van der Waals surface area contributed by atoms with Crippen molar-refractivity contribution < 1.29 is 18.0 Å². The van der Waals surface area contributed by atoms with Crippen LogP contribution in [-0.2, 0) is 11.2 Å². The summed E-state index contributed by atoms with van der Waals surface area (Å²) in [6.07, 6.45) is -5.08. The number of nitrogens with one attached hydrogen (secondary N) is 1. The van der Waals surface area contributed by atoms with E-state index in [1.807, 2.05) is 20.8 Å². The third-order valence-corrected chi connectivity index (χ3v) is 3.13. The van der Waals surface area contributed by atoms with Gasteiger partial charge in [-0.1, -0.05) is 32.9 Å². The molecule has 0 bridgehead atoms. The van der Waals surface area contributed by atoms with Crippen molar-refractivity contribution in [2.75, 3.05) is 5.32 Å². The van der Waals surface area contributed by atoms with E-state index in [0.29, 0.717) is 11.3 Å². The Hall–Kier alpha value is -1.27. The zero-order valence-corrected chi connectivity index (χ0v) is 13.6. The summed E-state index contributed by atoms with van der Waals surface area (Å²) in [5.41, 5.74) is 6.56. The SMILES string of the molecule is CC(C)(C)[C@H](N)C(=O)Nc1ccc(CCC(F)(F)F)cc1.Cl. The number of carbonyl (C=O) groups excluding carboxylic acids is 1. The smallest absolute Gasteiger partial charge is 0.325 e. The van der Waals surface area contributed by atoms with Crippen molar-refractivity contribution in [3.05, 3.63) is 29.8 Å². The number of aryl methyl sites for hydroxylation is 1. The Kier molecular flexibility index (Phi) is 7.38. The molecule has 0 aliphatic carbocycles. The van der Waals surface area contributed by atoms with E-state index in [0.717, 1.165) is 0 Å². The standard InChI is InChI=1S/C15H21F3N2O.ClH/c1-14(2,3)12(19)13(21)20-11-6-4-10(5-7-11)8-9-15(16,17)18;/h4-7,12H,8-9,19H2,1-3H3,(H,20,21);1H/t12-;/m1./s1. The van der Waals surface area contributed by atoms with Gasteiger partial charge in [0.05, 0.1) is 6.04 Å². The van der Waals surface area contributed by atoms with E-state index in [1.54, 1.807) is 24.3 Å². The molecule has 0 saturated carbocycles. The van der Waals surface area contributed by atoms with E-state index >= 15 is 0 Å². The Balaban J connectivity index is 0.00000441. The fraction of sp³-hybridized carbons (Fsp3) is 0.533. The number of alkyl halides is 3. The van der Waals surface area contributed by atoms with Crippen LogP contribution in [0.4, 0.5) is 18.9 Å². The molecular weight excluding hydrogens is 317 g/mol. The molecular formula is C15H22ClF3N2O. The van der Waals surface area contributed by atoms with Crippen LogP contribution >= 0.6 is 12.4 Å². The van der Waals surface area contributed by atoms with E-state index < -0.39 is 18.6 Å². The molecule has 0 radical (unpaired) electrons. The maximum absolute atomic E-state index is 12.1. The van der Waals surface area contributed by atoms with Crippen LogP contribution in [0.2, 0.25) is 0 Å². The maximum Gasteiger partial charge on any atom is 0.389 e. The molecule has 0 fully saturated rings. The van der Waals surface area contributed by atoms with Crippen molar-refractivity contribution in [3.63, 3.8) is 0 Å². The normalized spacial score (nSPS) is 13.2. The van der Waals surface area contributed by atoms with Crippen LogP contribution in [0.25, 0.3) is 0 Å². The zero-order valence-electron chi connectivity index (χ0n) is 12.8. The molecule has 7 heteroatoms. The lowest BCUT2D eigenvalue weighted by Crippen LogP contribution is -2.45. The van der Waals surface area contributed by atoms with Gasteiger partial charge in [-0.15, -0.1) is 12.4 Å². The summed E-state index contributed by atoms with van der Waals surface area (Å²) in [7, 11) is 0. The fourth-order valence-electron chi connectivity index (χ4n) is 1.65. The van der Waals surface area contributed by atoms with Gasteiger partial charge in [-0.2, -0.15) is 13.2 Å². The Labute approximate surface area is 134 Å². The van der Waals surface area contributed by atoms with E-state index in [2.05, 4.69) is 5.32 Å². The van der Waals surface area contributed by atoms with E-state index in [1.165, 1.54) is 0 Å². The first kappa shape index (κ1) is 20.7. The Bertz CT molecular complexity index is 481. The molecule has 0 saturated heterocycles. The Morgan fingerprint density at radius 2 is 1.68 bits per heavy atom. The molecule has 0 unspecified atom stereocenters. The summed E-state index contributed by atoms with van der Waals surface area (Å²) < 4.78 is 36.4. The highest BCUT2D eigenvalue weighted by Crippen LogP contribution is 2.23. The van der Waals surface area contributed by atoms with Gasteiger partial charge >= 0.3 is 6.18 Å². The molecule has 0 aliphatic rings. The van der Waals surface area contributed by atoms with E-state index in [4.69, 9.17) is 5.73 Å². The second-order valence-corrected chi connectivity index (χ2v) is 6.15. The molecule has 0 spiro atoms. The Morgan fingerprint density at radius 1 is 1.18 bits per heavy atom. The highest BCUT2D eigenvalue weighted by molar-refractivity contribution is 5.95. The van der Waals surface area contributed by atoms with Gasteiger partial charge in [0.1, 0.15) is 0 Å². The van der Waals surface area contributed by atoms with Crippen LogP contribution < -0.4 is 11.1 Å². The van der Waals surface area contributed by atoms with E-state index in [-0.39, 0.29) is 30.2 Å². The lowest BCUT2D eigenvalue weighted by atomic mass is 9.87. The molecule has 1 aromatic rings. The minimum absolute atomic E-state index is 0. The van der Waals surface area contributed by atoms with Crippen molar-refractivity contribution >= 4 is 24.0 Å². The average Bonchev–Trinajstić information content (AvgIpc) is 2.35. The lowest BCUT2D eigenvalue weighted by molar-refractivity contribution is -0.134. The fourth-order valence-corrected chi connectivity index (χ4v) is 1.65. The summed E-state index contributed by atoms with van der Waals surface area (Å²) in [6, 6.07) is 5.65. The number of amides is 1. The van der Waals surface area contributed by atoms with Crippen LogP contribution in [0.15, 0.2) is 24.3 Å². The predicted octanol–water partition coefficient (Wildman–Crippen LogP) is 3.92. The van der Waals surface area contributed by atoms with E-state index in [9.17, 15) is 18.0 Å². The average molecular weight is 339 g/mol. The number of carbonyl (C=O) groups is 1. The van der Waals surface area contributed by atoms with Crippen LogP contribution in [0, 0.1) is 5.41 Å². The maximum atomic E-state index is 12.1. The number of anilines is 1. The molecule has 3 nitrogen and oxygen atoms in total. The van der Waals surface area contributed by atoms with Crippen molar-refractivity contribution in [1.82, 2.24) is 0 Å². The molecule has 1 rings (SSSR count). The molecule has 0 aliphatic heterocycles. The summed E-state index contributed by atoms with van der Waals surface area (Å²) in [4.78, 5) is 11.9. The number of nitrogens with two attached hydrogens (primary N) is 1. The number of rotatable bonds is 4. The highest BCUT2D eigenvalue weighted by atomic mass is 35.5. The van der Waals surface area contributed by atoms with Crippen molar-refractivity contribution in [2.24, 2.45) is 11.1 Å². The molecule has 1 amide bonds. The molecule has 1 atom stereocenters. The minimum atomic E-state index is -4.16. The first-order valence-corrected chi connectivity index (χ1v) is 6.71. The summed E-state index contributed by atoms with van der Waals surface area (Å²) in [6.45, 7) is 5.58. The van der Waals surface area contributed by atoms with Gasteiger partial charge in [-0.25, -0.2) is 0 Å².